The molecule has 1 aliphatic heterocycles. The molecular weight excluding hydrogens is 264 g/mol. The number of hydrogen-bond donors (Lipinski definition) is 1. The van der Waals surface area contributed by atoms with Crippen molar-refractivity contribution >= 4 is 22.6 Å². The van der Waals surface area contributed by atoms with Crippen molar-refractivity contribution in [2.75, 3.05) is 31.7 Å². The molecule has 0 spiro atoms. The Morgan fingerprint density at radius 1 is 1.58 bits per heavy atom. The minimum Gasteiger partial charge on any atom is -0.384 e. The normalized spacial score (nSPS) is 19.6. The lowest BCUT2D eigenvalue weighted by Gasteiger charge is -2.34. The molecule has 7 heteroatoms. The molecular formula is C12H20N4O2S. The Morgan fingerprint density at radius 2 is 2.42 bits per heavy atom. The van der Waals surface area contributed by atoms with Crippen LogP contribution in [0.4, 0.5) is 5.13 Å². The molecule has 106 valence electrons. The molecule has 1 saturated heterocycles. The van der Waals surface area contributed by atoms with Gasteiger partial charge in [-0.3, -0.25) is 4.79 Å². The average molecular weight is 284 g/mol. The molecule has 1 aromatic rings. The number of nitrogens with zero attached hydrogens (tertiary/aromatic N) is 3. The first-order valence-corrected chi connectivity index (χ1v) is 7.39. The quantitative estimate of drug-likeness (QED) is 0.838. The van der Waals surface area contributed by atoms with Gasteiger partial charge < -0.3 is 15.0 Å². The number of nitrogens with one attached hydrogen (secondary N) is 1. The number of methoxy groups -OCH3 is 1. The Hall–Kier alpha value is -1.21. The lowest BCUT2D eigenvalue weighted by Crippen LogP contribution is -2.55. The molecule has 1 amide bonds. The second kappa shape index (κ2) is 6.81. The maximum Gasteiger partial charge on any atom is 0.242 e. The first-order valence-electron chi connectivity index (χ1n) is 6.62. The molecule has 1 N–H and O–H groups in total. The lowest BCUT2D eigenvalue weighted by molar-refractivity contribution is -0.123. The number of carbonyl (C=O) groups excluding carboxylic acids is 1. The topological polar surface area (TPSA) is 67.4 Å². The highest BCUT2D eigenvalue weighted by molar-refractivity contribution is 7.09. The monoisotopic (exact) mass is 284 g/mol. The molecule has 2 heterocycles. The molecule has 0 aromatic carbocycles. The third-order valence-corrected chi connectivity index (χ3v) is 3.92. The highest BCUT2D eigenvalue weighted by Gasteiger charge is 2.30. The number of carbonyl (C=O) groups is 1. The van der Waals surface area contributed by atoms with Crippen molar-refractivity contribution in [1.82, 2.24) is 14.7 Å². The van der Waals surface area contributed by atoms with Gasteiger partial charge in [0.1, 0.15) is 11.9 Å². The van der Waals surface area contributed by atoms with E-state index in [-0.39, 0.29) is 11.9 Å². The molecule has 6 nitrogen and oxygen atoms in total. The minimum atomic E-state index is -0.109. The van der Waals surface area contributed by atoms with E-state index in [0.29, 0.717) is 19.6 Å². The molecule has 0 saturated carbocycles. The Bertz CT molecular complexity index is 424. The van der Waals surface area contributed by atoms with Gasteiger partial charge in [0, 0.05) is 38.2 Å². The molecule has 0 aliphatic carbocycles. The fourth-order valence-electron chi connectivity index (χ4n) is 2.16. The van der Waals surface area contributed by atoms with Crippen molar-refractivity contribution < 1.29 is 9.53 Å². The first kappa shape index (κ1) is 14.2. The highest BCUT2D eigenvalue weighted by atomic mass is 32.1. The lowest BCUT2D eigenvalue weighted by atomic mass is 10.1. The molecule has 1 atom stereocenters. The summed E-state index contributed by atoms with van der Waals surface area (Å²) in [5.41, 5.74) is 0. The zero-order chi connectivity index (χ0) is 13.7. The fraction of sp³-hybridized carbons (Fsp3) is 0.750. The van der Waals surface area contributed by atoms with Gasteiger partial charge in [-0.25, -0.2) is 4.98 Å². The Labute approximate surface area is 117 Å². The minimum absolute atomic E-state index is 0.0988. The summed E-state index contributed by atoms with van der Waals surface area (Å²) in [5.74, 6) is 0.893. The Balaban J connectivity index is 2.09. The van der Waals surface area contributed by atoms with Crippen LogP contribution in [-0.4, -0.2) is 48.1 Å². The molecule has 1 aliphatic rings. The van der Waals surface area contributed by atoms with Crippen molar-refractivity contribution in [2.24, 2.45) is 0 Å². The third kappa shape index (κ3) is 3.42. The van der Waals surface area contributed by atoms with Gasteiger partial charge in [0.15, 0.2) is 0 Å². The summed E-state index contributed by atoms with van der Waals surface area (Å²) in [6.07, 6.45) is 2.54. The van der Waals surface area contributed by atoms with Crippen molar-refractivity contribution in [3.8, 4) is 0 Å². The number of amides is 1. The fourth-order valence-corrected chi connectivity index (χ4v) is 2.95. The molecule has 2 rings (SSSR count). The largest absolute Gasteiger partial charge is 0.384 e. The van der Waals surface area contributed by atoms with Crippen molar-refractivity contribution in [3.05, 3.63) is 5.82 Å². The summed E-state index contributed by atoms with van der Waals surface area (Å²) in [6, 6.07) is -0.109. The van der Waals surface area contributed by atoms with E-state index in [1.807, 2.05) is 0 Å². The van der Waals surface area contributed by atoms with Crippen LogP contribution in [0.3, 0.4) is 0 Å². The Kier molecular flexibility index (Phi) is 5.09. The van der Waals surface area contributed by atoms with Crippen LogP contribution in [0.1, 0.15) is 25.6 Å². The molecule has 0 bridgehead atoms. The second-order valence-electron chi connectivity index (χ2n) is 4.52. The van der Waals surface area contributed by atoms with Crippen molar-refractivity contribution in [2.45, 2.75) is 32.2 Å². The zero-order valence-electron chi connectivity index (χ0n) is 11.4. The molecule has 1 unspecified atom stereocenters. The van der Waals surface area contributed by atoms with E-state index in [9.17, 15) is 4.79 Å². The van der Waals surface area contributed by atoms with Crippen molar-refractivity contribution in [1.29, 1.82) is 0 Å². The molecule has 0 radical (unpaired) electrons. The smallest absolute Gasteiger partial charge is 0.242 e. The molecule has 1 fully saturated rings. The van der Waals surface area contributed by atoms with E-state index in [1.54, 1.807) is 7.11 Å². The molecule has 1 aromatic heterocycles. The zero-order valence-corrected chi connectivity index (χ0v) is 12.2. The summed E-state index contributed by atoms with van der Waals surface area (Å²) < 4.78 is 9.35. The van der Waals surface area contributed by atoms with Crippen LogP contribution in [0.25, 0.3) is 0 Å². The van der Waals surface area contributed by atoms with E-state index >= 15 is 0 Å². The first-order chi connectivity index (χ1) is 9.26. The van der Waals surface area contributed by atoms with Gasteiger partial charge in [-0.1, -0.05) is 13.3 Å². The molecule has 19 heavy (non-hydrogen) atoms. The van der Waals surface area contributed by atoms with E-state index < -0.39 is 0 Å². The number of piperazine rings is 1. The van der Waals surface area contributed by atoms with Crippen LogP contribution in [0.15, 0.2) is 0 Å². The van der Waals surface area contributed by atoms with E-state index in [2.05, 4.69) is 26.5 Å². The summed E-state index contributed by atoms with van der Waals surface area (Å²) in [5, 5.41) is 3.76. The number of aromatic nitrogens is 2. The van der Waals surface area contributed by atoms with Gasteiger partial charge in [0.05, 0.1) is 6.61 Å². The van der Waals surface area contributed by atoms with Gasteiger partial charge in [0.2, 0.25) is 11.0 Å². The maximum absolute atomic E-state index is 11.9. The van der Waals surface area contributed by atoms with Gasteiger partial charge in [0.25, 0.3) is 0 Å². The highest BCUT2D eigenvalue weighted by Crippen LogP contribution is 2.23. The number of ether oxygens (including phenoxy) is 1. The summed E-state index contributed by atoms with van der Waals surface area (Å²) >= 11 is 1.37. The summed E-state index contributed by atoms with van der Waals surface area (Å²) in [7, 11) is 1.67. The number of hydrogen-bond acceptors (Lipinski definition) is 6. The van der Waals surface area contributed by atoms with Crippen LogP contribution in [-0.2, 0) is 16.0 Å². The van der Waals surface area contributed by atoms with Gasteiger partial charge >= 0.3 is 0 Å². The van der Waals surface area contributed by atoms with Crippen LogP contribution in [0, 0.1) is 0 Å². The third-order valence-electron chi connectivity index (χ3n) is 3.13. The summed E-state index contributed by atoms with van der Waals surface area (Å²) in [4.78, 5) is 18.5. The van der Waals surface area contributed by atoms with Crippen LogP contribution < -0.4 is 10.2 Å². The van der Waals surface area contributed by atoms with E-state index in [0.717, 1.165) is 30.3 Å². The van der Waals surface area contributed by atoms with Gasteiger partial charge in [-0.15, -0.1) is 0 Å². The standard InChI is InChI=1S/C12H20N4O2S/c1-3-4-9-11(17)13-6-7-16(9)12-14-10(15-19-12)5-8-18-2/h9H,3-8H2,1-2H3,(H,13,17). The predicted octanol–water partition coefficient (Wildman–Crippen LogP) is 0.832. The summed E-state index contributed by atoms with van der Waals surface area (Å²) in [6.45, 7) is 4.18. The average Bonchev–Trinajstić information content (AvgIpc) is 2.87. The van der Waals surface area contributed by atoms with E-state index in [4.69, 9.17) is 4.74 Å². The Morgan fingerprint density at radius 3 is 3.16 bits per heavy atom. The number of rotatable bonds is 6. The van der Waals surface area contributed by atoms with Crippen LogP contribution in [0.5, 0.6) is 0 Å². The van der Waals surface area contributed by atoms with Gasteiger partial charge in [-0.05, 0) is 6.42 Å². The van der Waals surface area contributed by atoms with Crippen LogP contribution in [0.2, 0.25) is 0 Å². The predicted molar refractivity (Wildman–Crippen MR) is 74.5 cm³/mol. The SMILES string of the molecule is CCCC1C(=O)NCCN1c1nc(CCOC)ns1. The second-order valence-corrected chi connectivity index (χ2v) is 5.26. The number of anilines is 1. The van der Waals surface area contributed by atoms with Crippen LogP contribution >= 0.6 is 11.5 Å². The van der Waals surface area contributed by atoms with Crippen molar-refractivity contribution in [3.63, 3.8) is 0 Å². The van der Waals surface area contributed by atoms with E-state index in [1.165, 1.54) is 11.5 Å². The maximum atomic E-state index is 11.9. The van der Waals surface area contributed by atoms with Gasteiger partial charge in [-0.2, -0.15) is 4.37 Å².